The predicted octanol–water partition coefficient (Wildman–Crippen LogP) is 2.43. The lowest BCUT2D eigenvalue weighted by Gasteiger charge is -2.15. The third-order valence-corrected chi connectivity index (χ3v) is 5.02. The van der Waals surface area contributed by atoms with E-state index in [0.717, 1.165) is 17.9 Å². The first-order chi connectivity index (χ1) is 7.36. The van der Waals surface area contributed by atoms with Gasteiger partial charge in [0, 0.05) is 30.2 Å². The molecule has 1 N–H and O–H groups in total. The molecule has 1 saturated carbocycles. The Morgan fingerprint density at radius 2 is 2.07 bits per heavy atom. The first-order valence-corrected chi connectivity index (χ1v) is 7.38. The van der Waals surface area contributed by atoms with Crippen LogP contribution in [-0.2, 0) is 4.74 Å². The van der Waals surface area contributed by atoms with Crippen molar-refractivity contribution in [1.82, 2.24) is 5.32 Å². The van der Waals surface area contributed by atoms with Gasteiger partial charge >= 0.3 is 0 Å². The highest BCUT2D eigenvalue weighted by Crippen LogP contribution is 2.26. The lowest BCUT2D eigenvalue weighted by Crippen LogP contribution is -2.28. The first-order valence-electron chi connectivity index (χ1n) is 6.33. The van der Waals surface area contributed by atoms with E-state index in [9.17, 15) is 0 Å². The Labute approximate surface area is 97.5 Å². The first kappa shape index (κ1) is 11.7. The molecule has 1 aliphatic heterocycles. The maximum Gasteiger partial charge on any atom is 0.0666 e. The van der Waals surface area contributed by atoms with Crippen molar-refractivity contribution in [2.75, 3.05) is 18.9 Å². The van der Waals surface area contributed by atoms with Crippen LogP contribution in [0.5, 0.6) is 0 Å². The minimum atomic E-state index is 0.474. The molecule has 2 nitrogen and oxygen atoms in total. The van der Waals surface area contributed by atoms with E-state index in [0.29, 0.717) is 6.10 Å². The van der Waals surface area contributed by atoms with Crippen LogP contribution in [0, 0.1) is 0 Å². The van der Waals surface area contributed by atoms with Crippen molar-refractivity contribution in [2.45, 2.75) is 56.4 Å². The van der Waals surface area contributed by atoms with Gasteiger partial charge in [-0.1, -0.05) is 12.8 Å². The van der Waals surface area contributed by atoms with Crippen LogP contribution in [-0.4, -0.2) is 36.3 Å². The van der Waals surface area contributed by atoms with Crippen LogP contribution in [0.2, 0.25) is 0 Å². The van der Waals surface area contributed by atoms with Gasteiger partial charge in [0.05, 0.1) is 6.10 Å². The molecule has 2 fully saturated rings. The molecule has 0 amide bonds. The van der Waals surface area contributed by atoms with Crippen molar-refractivity contribution in [1.29, 1.82) is 0 Å². The van der Waals surface area contributed by atoms with Gasteiger partial charge in [-0.05, 0) is 26.2 Å². The Kier molecular flexibility index (Phi) is 4.79. The summed E-state index contributed by atoms with van der Waals surface area (Å²) in [7, 11) is 0. The van der Waals surface area contributed by atoms with E-state index in [1.54, 1.807) is 0 Å². The maximum absolute atomic E-state index is 5.55. The highest BCUT2D eigenvalue weighted by atomic mass is 32.2. The Balaban J connectivity index is 1.51. The number of thioether (sulfide) groups is 1. The van der Waals surface area contributed by atoms with Gasteiger partial charge in [0.2, 0.25) is 0 Å². The van der Waals surface area contributed by atoms with Crippen LogP contribution >= 0.6 is 11.8 Å². The number of nitrogens with one attached hydrogen (secondary N) is 1. The second-order valence-corrected chi connectivity index (χ2v) is 6.06. The fraction of sp³-hybridized carbons (Fsp3) is 1.00. The fourth-order valence-corrected chi connectivity index (χ4v) is 3.69. The van der Waals surface area contributed by atoms with Crippen LogP contribution in [0.15, 0.2) is 0 Å². The highest BCUT2D eigenvalue weighted by molar-refractivity contribution is 8.00. The van der Waals surface area contributed by atoms with Crippen molar-refractivity contribution in [3.63, 3.8) is 0 Å². The van der Waals surface area contributed by atoms with Gasteiger partial charge in [0.1, 0.15) is 0 Å². The molecular formula is C12H23NOS. The minimum Gasteiger partial charge on any atom is -0.377 e. The topological polar surface area (TPSA) is 21.3 Å². The van der Waals surface area contributed by atoms with Crippen molar-refractivity contribution in [3.05, 3.63) is 0 Å². The molecule has 0 spiro atoms. The third kappa shape index (κ3) is 3.65. The summed E-state index contributed by atoms with van der Waals surface area (Å²) in [6.07, 6.45) is 7.37. The van der Waals surface area contributed by atoms with Gasteiger partial charge in [-0.3, -0.25) is 0 Å². The van der Waals surface area contributed by atoms with E-state index < -0.39 is 0 Å². The third-order valence-electron chi connectivity index (χ3n) is 3.53. The molecule has 0 aromatic heterocycles. The summed E-state index contributed by atoms with van der Waals surface area (Å²) in [5.41, 5.74) is 0. The molecule has 88 valence electrons. The van der Waals surface area contributed by atoms with Crippen LogP contribution in [0.1, 0.15) is 39.0 Å². The van der Waals surface area contributed by atoms with Gasteiger partial charge in [-0.15, -0.1) is 0 Å². The summed E-state index contributed by atoms with van der Waals surface area (Å²) >= 11 is 2.09. The molecule has 0 bridgehead atoms. The molecule has 3 heteroatoms. The Morgan fingerprint density at radius 3 is 2.73 bits per heavy atom. The average Bonchev–Trinajstić information content (AvgIpc) is 2.85. The summed E-state index contributed by atoms with van der Waals surface area (Å²) < 4.78 is 5.55. The fourth-order valence-electron chi connectivity index (χ4n) is 2.53. The van der Waals surface area contributed by atoms with E-state index in [2.05, 4.69) is 24.0 Å². The van der Waals surface area contributed by atoms with Crippen molar-refractivity contribution >= 4 is 11.8 Å². The van der Waals surface area contributed by atoms with E-state index in [4.69, 9.17) is 4.74 Å². The van der Waals surface area contributed by atoms with Gasteiger partial charge < -0.3 is 10.1 Å². The zero-order valence-corrected chi connectivity index (χ0v) is 10.5. The number of hydrogen-bond donors (Lipinski definition) is 1. The second-order valence-electron chi connectivity index (χ2n) is 4.71. The van der Waals surface area contributed by atoms with Crippen LogP contribution in [0.25, 0.3) is 0 Å². The molecule has 1 heterocycles. The second kappa shape index (κ2) is 6.12. The van der Waals surface area contributed by atoms with Crippen molar-refractivity contribution in [3.8, 4) is 0 Å². The maximum atomic E-state index is 5.55. The number of hydrogen-bond acceptors (Lipinski definition) is 3. The normalized spacial score (nSPS) is 32.6. The lowest BCUT2D eigenvalue weighted by molar-refractivity contribution is 0.127. The van der Waals surface area contributed by atoms with Crippen LogP contribution in [0.4, 0.5) is 0 Å². The smallest absolute Gasteiger partial charge is 0.0666 e. The molecule has 2 atom stereocenters. The largest absolute Gasteiger partial charge is 0.377 e. The van der Waals surface area contributed by atoms with Gasteiger partial charge in [0.15, 0.2) is 0 Å². The van der Waals surface area contributed by atoms with Gasteiger partial charge in [-0.25, -0.2) is 0 Å². The van der Waals surface area contributed by atoms with Crippen molar-refractivity contribution < 1.29 is 4.74 Å². The van der Waals surface area contributed by atoms with Crippen LogP contribution in [0.3, 0.4) is 0 Å². The zero-order chi connectivity index (χ0) is 10.5. The number of rotatable bonds is 5. The summed E-state index contributed by atoms with van der Waals surface area (Å²) in [6.45, 7) is 4.35. The van der Waals surface area contributed by atoms with Crippen LogP contribution < -0.4 is 5.32 Å². The van der Waals surface area contributed by atoms with Gasteiger partial charge in [-0.2, -0.15) is 11.8 Å². The monoisotopic (exact) mass is 229 g/mol. The quantitative estimate of drug-likeness (QED) is 0.732. The molecule has 2 aliphatic rings. The average molecular weight is 229 g/mol. The highest BCUT2D eigenvalue weighted by Gasteiger charge is 2.24. The van der Waals surface area contributed by atoms with E-state index in [-0.39, 0.29) is 0 Å². The Morgan fingerprint density at radius 1 is 1.27 bits per heavy atom. The van der Waals surface area contributed by atoms with Crippen molar-refractivity contribution in [2.24, 2.45) is 0 Å². The lowest BCUT2D eigenvalue weighted by atomic mass is 10.2. The van der Waals surface area contributed by atoms with E-state index in [1.165, 1.54) is 44.4 Å². The summed E-state index contributed by atoms with van der Waals surface area (Å²) in [4.78, 5) is 0. The standard InChI is InChI=1S/C12H23NOS/c1-10-12(6-8-14-10)15-9-7-13-11-4-2-3-5-11/h10-13H,2-9H2,1H3. The molecule has 2 unspecified atom stereocenters. The van der Waals surface area contributed by atoms with Gasteiger partial charge in [0.25, 0.3) is 0 Å². The molecule has 2 rings (SSSR count). The summed E-state index contributed by atoms with van der Waals surface area (Å²) in [5.74, 6) is 1.24. The molecule has 0 radical (unpaired) electrons. The summed E-state index contributed by atoms with van der Waals surface area (Å²) in [6, 6.07) is 0.822. The zero-order valence-electron chi connectivity index (χ0n) is 9.71. The predicted molar refractivity (Wildman–Crippen MR) is 66.5 cm³/mol. The molecule has 15 heavy (non-hydrogen) atoms. The summed E-state index contributed by atoms with van der Waals surface area (Å²) in [5, 5.41) is 4.40. The van der Waals surface area contributed by atoms with E-state index >= 15 is 0 Å². The molecule has 1 aliphatic carbocycles. The van der Waals surface area contributed by atoms with E-state index in [1.807, 2.05) is 0 Å². The Bertz CT molecular complexity index is 182. The molecular weight excluding hydrogens is 206 g/mol. The molecule has 1 saturated heterocycles. The molecule has 0 aromatic carbocycles. The molecule has 0 aromatic rings. The number of ether oxygens (including phenoxy) is 1. The Hall–Kier alpha value is 0.270. The SMILES string of the molecule is CC1OCCC1SCCNC1CCCC1. The minimum absolute atomic E-state index is 0.474.